The summed E-state index contributed by atoms with van der Waals surface area (Å²) in [5.74, 6) is 2.94. The first kappa shape index (κ1) is 18.3. The number of piperidine rings is 1. The molecular formula is C23H42N2. The summed E-state index contributed by atoms with van der Waals surface area (Å²) in [6.45, 7) is 20.0. The van der Waals surface area contributed by atoms with E-state index in [-0.39, 0.29) is 0 Å². The van der Waals surface area contributed by atoms with Crippen molar-refractivity contribution in [1.82, 2.24) is 9.80 Å². The lowest BCUT2D eigenvalue weighted by Gasteiger charge is -2.57. The topological polar surface area (TPSA) is 6.48 Å². The molecule has 2 saturated heterocycles. The molecule has 4 aliphatic rings. The lowest BCUT2D eigenvalue weighted by molar-refractivity contribution is -0.0631. The van der Waals surface area contributed by atoms with Crippen LogP contribution in [0.5, 0.6) is 0 Å². The van der Waals surface area contributed by atoms with Crippen molar-refractivity contribution in [1.29, 1.82) is 0 Å². The second-order valence-electron chi connectivity index (χ2n) is 12.2. The van der Waals surface area contributed by atoms with Gasteiger partial charge in [0, 0.05) is 24.7 Å². The van der Waals surface area contributed by atoms with Gasteiger partial charge in [0.25, 0.3) is 0 Å². The van der Waals surface area contributed by atoms with E-state index in [1.807, 2.05) is 0 Å². The number of likely N-dealkylation sites (tertiary alicyclic amines) is 2. The molecule has 1 spiro atoms. The summed E-state index contributed by atoms with van der Waals surface area (Å²) < 4.78 is 0. The average molecular weight is 347 g/mol. The van der Waals surface area contributed by atoms with Crippen LogP contribution in [0.2, 0.25) is 0 Å². The van der Waals surface area contributed by atoms with Gasteiger partial charge in [-0.15, -0.1) is 0 Å². The van der Waals surface area contributed by atoms with E-state index in [4.69, 9.17) is 0 Å². The number of hydrogen-bond acceptors (Lipinski definition) is 2. The van der Waals surface area contributed by atoms with Gasteiger partial charge < -0.3 is 4.90 Å². The van der Waals surface area contributed by atoms with Crippen LogP contribution in [0, 0.1) is 28.6 Å². The fourth-order valence-electron chi connectivity index (χ4n) is 6.48. The molecule has 25 heavy (non-hydrogen) atoms. The standard InChI is InChI=1S/C23H42N2/c1-21(2,3)19-13-23(14-19)7-9-24(10-8-23)20-11-17-15-25(22(4,5)6)16-18(17)12-20/h17-20H,7-16H2,1-6H3. The average Bonchev–Trinajstić information content (AvgIpc) is 3.01. The van der Waals surface area contributed by atoms with Gasteiger partial charge in [0.15, 0.2) is 0 Å². The monoisotopic (exact) mass is 346 g/mol. The van der Waals surface area contributed by atoms with Gasteiger partial charge in [0.1, 0.15) is 0 Å². The summed E-state index contributed by atoms with van der Waals surface area (Å²) in [5, 5.41) is 0. The van der Waals surface area contributed by atoms with Gasteiger partial charge in [-0.25, -0.2) is 0 Å². The van der Waals surface area contributed by atoms with E-state index < -0.39 is 0 Å². The first-order valence-electron chi connectivity index (χ1n) is 11.0. The molecule has 2 unspecified atom stereocenters. The van der Waals surface area contributed by atoms with Crippen molar-refractivity contribution in [3.8, 4) is 0 Å². The van der Waals surface area contributed by atoms with Crippen LogP contribution in [0.15, 0.2) is 0 Å². The van der Waals surface area contributed by atoms with Crippen LogP contribution in [0.4, 0.5) is 0 Å². The zero-order valence-electron chi connectivity index (χ0n) is 17.8. The Balaban J connectivity index is 1.26. The molecule has 2 saturated carbocycles. The fourth-order valence-corrected chi connectivity index (χ4v) is 6.48. The predicted molar refractivity (Wildman–Crippen MR) is 107 cm³/mol. The molecule has 2 atom stereocenters. The molecule has 0 bridgehead atoms. The highest BCUT2D eigenvalue weighted by Gasteiger charge is 2.51. The van der Waals surface area contributed by atoms with Gasteiger partial charge in [0.05, 0.1) is 0 Å². The summed E-state index contributed by atoms with van der Waals surface area (Å²) in [6.07, 6.45) is 8.96. The fraction of sp³-hybridized carbons (Fsp3) is 1.00. The maximum atomic E-state index is 2.90. The second-order valence-corrected chi connectivity index (χ2v) is 12.2. The normalized spacial score (nSPS) is 37.4. The summed E-state index contributed by atoms with van der Waals surface area (Å²) in [6, 6.07) is 0.910. The third-order valence-electron chi connectivity index (χ3n) is 8.63. The highest BCUT2D eigenvalue weighted by atomic mass is 15.2. The first-order valence-corrected chi connectivity index (χ1v) is 11.0. The van der Waals surface area contributed by atoms with Crippen LogP contribution in [0.1, 0.15) is 80.1 Å². The minimum atomic E-state index is 0.366. The molecule has 4 fully saturated rings. The van der Waals surface area contributed by atoms with Crippen molar-refractivity contribution < 1.29 is 0 Å². The molecular weight excluding hydrogens is 304 g/mol. The zero-order chi connectivity index (χ0) is 18.0. The molecule has 144 valence electrons. The maximum absolute atomic E-state index is 2.90. The van der Waals surface area contributed by atoms with Crippen LogP contribution in [-0.4, -0.2) is 47.6 Å². The molecule has 0 aromatic rings. The third kappa shape index (κ3) is 3.43. The second kappa shape index (κ2) is 5.96. The molecule has 2 heteroatoms. The molecule has 0 aromatic carbocycles. The van der Waals surface area contributed by atoms with Crippen LogP contribution in [0.3, 0.4) is 0 Å². The van der Waals surface area contributed by atoms with Crippen molar-refractivity contribution >= 4 is 0 Å². The van der Waals surface area contributed by atoms with E-state index in [1.54, 1.807) is 0 Å². The van der Waals surface area contributed by atoms with E-state index >= 15 is 0 Å². The van der Waals surface area contributed by atoms with E-state index in [1.165, 1.54) is 64.7 Å². The van der Waals surface area contributed by atoms with Crippen molar-refractivity contribution in [2.24, 2.45) is 28.6 Å². The minimum Gasteiger partial charge on any atom is -0.300 e. The molecule has 0 amide bonds. The smallest absolute Gasteiger partial charge is 0.0125 e. The number of hydrogen-bond donors (Lipinski definition) is 0. The largest absolute Gasteiger partial charge is 0.300 e. The number of fused-ring (bicyclic) bond motifs is 1. The van der Waals surface area contributed by atoms with Crippen molar-refractivity contribution in [3.63, 3.8) is 0 Å². The van der Waals surface area contributed by atoms with Crippen molar-refractivity contribution in [2.75, 3.05) is 26.2 Å². The Morgan fingerprint density at radius 1 is 0.800 bits per heavy atom. The lowest BCUT2D eigenvalue weighted by atomic mass is 9.51. The van der Waals surface area contributed by atoms with Crippen LogP contribution < -0.4 is 0 Å². The summed E-state index contributed by atoms with van der Waals surface area (Å²) >= 11 is 0. The summed E-state index contributed by atoms with van der Waals surface area (Å²) in [5.41, 5.74) is 1.64. The molecule has 0 aromatic heterocycles. The Morgan fingerprint density at radius 3 is 1.76 bits per heavy atom. The Morgan fingerprint density at radius 2 is 1.32 bits per heavy atom. The van der Waals surface area contributed by atoms with Gasteiger partial charge in [-0.05, 0) is 101 Å². The van der Waals surface area contributed by atoms with Crippen molar-refractivity contribution in [2.45, 2.75) is 91.6 Å². The number of rotatable bonds is 1. The van der Waals surface area contributed by atoms with Gasteiger partial charge >= 0.3 is 0 Å². The highest BCUT2D eigenvalue weighted by molar-refractivity contribution is 5.03. The third-order valence-corrected chi connectivity index (χ3v) is 8.63. The van der Waals surface area contributed by atoms with E-state index in [0.717, 1.165) is 29.2 Å². The molecule has 2 aliphatic heterocycles. The van der Waals surface area contributed by atoms with Gasteiger partial charge in [0.2, 0.25) is 0 Å². The van der Waals surface area contributed by atoms with Gasteiger partial charge in [-0.1, -0.05) is 20.8 Å². The van der Waals surface area contributed by atoms with Crippen molar-refractivity contribution in [3.05, 3.63) is 0 Å². The van der Waals surface area contributed by atoms with Gasteiger partial charge in [-0.3, -0.25) is 4.90 Å². The Hall–Kier alpha value is -0.0800. The lowest BCUT2D eigenvalue weighted by Crippen LogP contribution is -2.52. The molecule has 0 N–H and O–H groups in total. The van der Waals surface area contributed by atoms with Gasteiger partial charge in [-0.2, -0.15) is 0 Å². The Labute approximate surface area is 156 Å². The molecule has 0 radical (unpaired) electrons. The van der Waals surface area contributed by atoms with E-state index in [2.05, 4.69) is 51.3 Å². The summed E-state index contributed by atoms with van der Waals surface area (Å²) in [7, 11) is 0. The zero-order valence-corrected chi connectivity index (χ0v) is 17.8. The first-order chi connectivity index (χ1) is 11.6. The van der Waals surface area contributed by atoms with Crippen LogP contribution >= 0.6 is 0 Å². The van der Waals surface area contributed by atoms with Crippen LogP contribution in [0.25, 0.3) is 0 Å². The Kier molecular flexibility index (Phi) is 4.36. The minimum absolute atomic E-state index is 0.366. The Bertz CT molecular complexity index is 467. The molecule has 4 rings (SSSR count). The number of nitrogens with zero attached hydrogens (tertiary/aromatic N) is 2. The quantitative estimate of drug-likeness (QED) is 0.657. The maximum Gasteiger partial charge on any atom is 0.0125 e. The van der Waals surface area contributed by atoms with E-state index in [9.17, 15) is 0 Å². The molecule has 2 nitrogen and oxygen atoms in total. The van der Waals surface area contributed by atoms with Crippen LogP contribution in [-0.2, 0) is 0 Å². The van der Waals surface area contributed by atoms with E-state index in [0.29, 0.717) is 11.0 Å². The molecule has 2 aliphatic carbocycles. The SMILES string of the molecule is CC(C)(C)C1CC2(CCN(C3CC4CN(C(C)(C)C)CC4C3)CC2)C1. The summed E-state index contributed by atoms with van der Waals surface area (Å²) in [4.78, 5) is 5.64. The predicted octanol–water partition coefficient (Wildman–Crippen LogP) is 5.03. The molecule has 2 heterocycles. The highest BCUT2D eigenvalue weighted by Crippen LogP contribution is 2.58.